The van der Waals surface area contributed by atoms with E-state index in [1.54, 1.807) is 32.3 Å². The first kappa shape index (κ1) is 18.8. The summed E-state index contributed by atoms with van der Waals surface area (Å²) >= 11 is 0. The molecule has 0 aliphatic carbocycles. The van der Waals surface area contributed by atoms with Crippen molar-refractivity contribution in [2.24, 2.45) is 5.41 Å². The molecular formula is C15H24NO5P. The predicted molar refractivity (Wildman–Crippen MR) is 83.7 cm³/mol. The maximum atomic E-state index is 11.8. The Kier molecular flexibility index (Phi) is 5.55. The van der Waals surface area contributed by atoms with Crippen LogP contribution in [0.2, 0.25) is 0 Å². The van der Waals surface area contributed by atoms with Crippen LogP contribution in [0.5, 0.6) is 0 Å². The van der Waals surface area contributed by atoms with Gasteiger partial charge in [0.05, 0.1) is 0 Å². The summed E-state index contributed by atoms with van der Waals surface area (Å²) in [5.41, 5.74) is -2.85. The van der Waals surface area contributed by atoms with Crippen molar-refractivity contribution in [2.75, 3.05) is 0 Å². The lowest BCUT2D eigenvalue weighted by atomic mass is 9.57. The summed E-state index contributed by atoms with van der Waals surface area (Å²) < 4.78 is 11.8. The van der Waals surface area contributed by atoms with Crippen LogP contribution >= 0.6 is 7.60 Å². The summed E-state index contributed by atoms with van der Waals surface area (Å²) in [6.45, 7) is 7.03. The van der Waals surface area contributed by atoms with Gasteiger partial charge in [0.1, 0.15) is 0 Å². The van der Waals surface area contributed by atoms with Crippen molar-refractivity contribution in [3.05, 3.63) is 30.1 Å². The van der Waals surface area contributed by atoms with Crippen LogP contribution in [0.3, 0.4) is 0 Å². The monoisotopic (exact) mass is 329 g/mol. The third-order valence-electron chi connectivity index (χ3n) is 4.91. The minimum atomic E-state index is -4.82. The number of hydrogen-bond donors (Lipinski definition) is 3. The highest BCUT2D eigenvalue weighted by Crippen LogP contribution is 2.59. The van der Waals surface area contributed by atoms with Gasteiger partial charge in [-0.3, -0.25) is 14.3 Å². The molecule has 0 saturated heterocycles. The first-order chi connectivity index (χ1) is 10.0. The molecule has 0 radical (unpaired) electrons. The number of carboxylic acids is 1. The van der Waals surface area contributed by atoms with Crippen molar-refractivity contribution >= 4 is 13.6 Å². The highest BCUT2D eigenvalue weighted by atomic mass is 31.2. The summed E-state index contributed by atoms with van der Waals surface area (Å²) in [6, 6.07) is 3.58. The Balaban J connectivity index is 3.60. The first-order valence-electron chi connectivity index (χ1n) is 7.23. The zero-order valence-corrected chi connectivity index (χ0v) is 14.2. The molecule has 0 spiro atoms. The second-order valence-corrected chi connectivity index (χ2v) is 7.78. The summed E-state index contributed by atoms with van der Waals surface area (Å²) in [4.78, 5) is 34.9. The van der Waals surface area contributed by atoms with Gasteiger partial charge in [0, 0.05) is 17.8 Å². The number of carbonyl (C=O) groups is 1. The van der Waals surface area contributed by atoms with Crippen molar-refractivity contribution in [3.63, 3.8) is 0 Å². The summed E-state index contributed by atoms with van der Waals surface area (Å²) in [7, 11) is -4.82. The molecule has 0 aliphatic heterocycles. The van der Waals surface area contributed by atoms with E-state index in [0.29, 0.717) is 12.8 Å². The van der Waals surface area contributed by atoms with Gasteiger partial charge in [0.2, 0.25) is 0 Å². The Morgan fingerprint density at radius 1 is 1.32 bits per heavy atom. The van der Waals surface area contributed by atoms with Crippen molar-refractivity contribution in [2.45, 2.75) is 51.6 Å². The topological polar surface area (TPSA) is 108 Å². The van der Waals surface area contributed by atoms with Crippen molar-refractivity contribution in [1.82, 2.24) is 4.98 Å². The number of carboxylic acid groups (broad SMARTS) is 1. The average Bonchev–Trinajstić information content (AvgIpc) is 2.38. The summed E-state index contributed by atoms with van der Waals surface area (Å²) in [6.07, 6.45) is 4.36. The van der Waals surface area contributed by atoms with Crippen LogP contribution in [0.25, 0.3) is 0 Å². The Labute approximate surface area is 130 Å². The molecular weight excluding hydrogens is 305 g/mol. The Bertz CT molecular complexity index is 563. The minimum absolute atomic E-state index is 0.548. The maximum Gasteiger partial charge on any atom is 0.340 e. The maximum absolute atomic E-state index is 11.8. The molecule has 0 aromatic carbocycles. The smallest absolute Gasteiger partial charge is 0.340 e. The van der Waals surface area contributed by atoms with E-state index in [0.717, 1.165) is 5.56 Å². The molecule has 1 unspecified atom stereocenters. The molecule has 124 valence electrons. The Morgan fingerprint density at radius 3 is 2.18 bits per heavy atom. The number of aromatic nitrogens is 1. The van der Waals surface area contributed by atoms with Gasteiger partial charge in [-0.25, -0.2) is 0 Å². The highest BCUT2D eigenvalue weighted by molar-refractivity contribution is 7.53. The molecule has 0 amide bonds. The number of nitrogens with zero attached hydrogens (tertiary/aromatic N) is 1. The summed E-state index contributed by atoms with van der Waals surface area (Å²) in [5, 5.41) is 9.44. The van der Waals surface area contributed by atoms with Crippen LogP contribution in [0.1, 0.15) is 46.1 Å². The van der Waals surface area contributed by atoms with Gasteiger partial charge in [0.25, 0.3) is 0 Å². The predicted octanol–water partition coefficient (Wildman–Crippen LogP) is 2.80. The fraction of sp³-hybridized carbons (Fsp3) is 0.600. The van der Waals surface area contributed by atoms with Gasteiger partial charge >= 0.3 is 13.6 Å². The van der Waals surface area contributed by atoms with Gasteiger partial charge in [-0.2, -0.15) is 0 Å². The van der Waals surface area contributed by atoms with E-state index >= 15 is 0 Å². The van der Waals surface area contributed by atoms with Gasteiger partial charge in [0.15, 0.2) is 5.66 Å². The molecule has 3 N–H and O–H groups in total. The molecule has 1 atom stereocenters. The van der Waals surface area contributed by atoms with E-state index in [2.05, 4.69) is 4.98 Å². The van der Waals surface area contributed by atoms with Crippen molar-refractivity contribution in [3.8, 4) is 0 Å². The molecule has 1 rings (SSSR count). The van der Waals surface area contributed by atoms with E-state index in [1.807, 2.05) is 19.9 Å². The van der Waals surface area contributed by atoms with E-state index in [9.17, 15) is 24.3 Å². The highest BCUT2D eigenvalue weighted by Gasteiger charge is 2.57. The third kappa shape index (κ3) is 3.09. The van der Waals surface area contributed by atoms with Crippen LogP contribution < -0.4 is 0 Å². The largest absolute Gasteiger partial charge is 0.481 e. The number of pyridine rings is 1. The molecule has 0 bridgehead atoms. The van der Waals surface area contributed by atoms with Gasteiger partial charge < -0.3 is 14.9 Å². The quantitative estimate of drug-likeness (QED) is 0.664. The second kappa shape index (κ2) is 6.49. The second-order valence-electron chi connectivity index (χ2n) is 6.08. The molecule has 7 heteroatoms. The fourth-order valence-corrected chi connectivity index (χ4v) is 5.10. The molecule has 22 heavy (non-hydrogen) atoms. The van der Waals surface area contributed by atoms with Crippen LogP contribution in [0.15, 0.2) is 24.5 Å². The molecule has 1 aromatic heterocycles. The summed E-state index contributed by atoms with van der Waals surface area (Å²) in [5.74, 6) is -1.48. The molecule has 1 aromatic rings. The Morgan fingerprint density at radius 2 is 1.86 bits per heavy atom. The molecule has 0 aliphatic rings. The molecule has 0 saturated carbocycles. The Hall–Kier alpha value is -1.23. The van der Waals surface area contributed by atoms with Crippen LogP contribution in [-0.2, 0) is 14.8 Å². The van der Waals surface area contributed by atoms with Gasteiger partial charge in [-0.05, 0) is 29.9 Å². The van der Waals surface area contributed by atoms with E-state index < -0.39 is 30.1 Å². The lowest BCUT2D eigenvalue weighted by Crippen LogP contribution is -2.51. The van der Waals surface area contributed by atoms with E-state index in [-0.39, 0.29) is 0 Å². The normalized spacial score (nSPS) is 14.6. The van der Waals surface area contributed by atoms with Crippen LogP contribution in [-0.4, -0.2) is 31.5 Å². The average molecular weight is 329 g/mol. The first-order valence-corrected chi connectivity index (χ1v) is 8.91. The molecule has 1 heterocycles. The molecule has 0 fully saturated rings. The van der Waals surface area contributed by atoms with Crippen LogP contribution in [0, 0.1) is 5.41 Å². The van der Waals surface area contributed by atoms with Crippen LogP contribution in [0.4, 0.5) is 0 Å². The zero-order chi connectivity index (χ0) is 17.2. The lowest BCUT2D eigenvalue weighted by molar-refractivity contribution is -0.140. The lowest BCUT2D eigenvalue weighted by Gasteiger charge is -2.49. The van der Waals surface area contributed by atoms with Crippen molar-refractivity contribution < 1.29 is 24.3 Å². The van der Waals surface area contributed by atoms with E-state index in [1.165, 1.54) is 0 Å². The minimum Gasteiger partial charge on any atom is -0.481 e. The number of hydrogen-bond acceptors (Lipinski definition) is 3. The fourth-order valence-electron chi connectivity index (χ4n) is 3.72. The SMILES string of the molecule is CCC(CC)(c1cccnc1)C(C)(C)C(C(=O)O)P(=O)(O)O. The zero-order valence-electron chi connectivity index (χ0n) is 13.4. The number of rotatable bonds is 7. The third-order valence-corrected chi connectivity index (χ3v) is 6.45. The standard InChI is InChI=1S/C15H24NO5P/c1-5-15(6-2,11-8-7-9-16-10-11)14(3,4)12(13(17)18)22(19,20)21/h7-10,12H,5-6H2,1-4H3,(H,17,18)(H2,19,20,21). The van der Waals surface area contributed by atoms with Gasteiger partial charge in [-0.1, -0.05) is 33.8 Å². The molecule has 6 nitrogen and oxygen atoms in total. The van der Waals surface area contributed by atoms with Gasteiger partial charge in [-0.15, -0.1) is 0 Å². The van der Waals surface area contributed by atoms with E-state index in [4.69, 9.17) is 0 Å². The number of aliphatic carboxylic acids is 1. The van der Waals surface area contributed by atoms with Crippen molar-refractivity contribution in [1.29, 1.82) is 0 Å².